The molecule has 0 aliphatic heterocycles. The van der Waals surface area contributed by atoms with Crippen molar-refractivity contribution in [2.45, 2.75) is 97.6 Å². The van der Waals surface area contributed by atoms with Crippen LogP contribution in [0.4, 0.5) is 0 Å². The first-order valence-corrected chi connectivity index (χ1v) is 18.2. The second-order valence-electron chi connectivity index (χ2n) is 13.7. The molecule has 260 valence electrons. The molecule has 0 bridgehead atoms. The Hall–Kier alpha value is -3.73. The number of carbonyl (C=O) groups is 3. The molecule has 0 saturated heterocycles. The highest BCUT2D eigenvalue weighted by molar-refractivity contribution is 7.13. The van der Waals surface area contributed by atoms with E-state index in [4.69, 9.17) is 24.2 Å². The normalized spacial score (nSPS) is 23.3. The first kappa shape index (κ1) is 35.6. The number of amides is 2. The average Bonchev–Trinajstić information content (AvgIpc) is 3.40. The van der Waals surface area contributed by atoms with Gasteiger partial charge in [0.2, 0.25) is 11.8 Å². The van der Waals surface area contributed by atoms with Crippen LogP contribution in [-0.2, 0) is 19.1 Å². The Bertz CT molecular complexity index is 1660. The summed E-state index contributed by atoms with van der Waals surface area (Å²) in [6.45, 7) is 12.9. The number of esters is 1. The van der Waals surface area contributed by atoms with Crippen LogP contribution in [-0.4, -0.2) is 71.6 Å². The molecule has 1 N–H and O–H groups in total. The number of nitrogens with one attached hydrogen (secondary N) is 1. The molecule has 1 aromatic carbocycles. The Morgan fingerprint density at radius 3 is 2.46 bits per heavy atom. The zero-order valence-electron chi connectivity index (χ0n) is 29.6. The second-order valence-corrected chi connectivity index (χ2v) is 14.6. The number of rotatable bonds is 14. The van der Waals surface area contributed by atoms with Crippen molar-refractivity contribution in [2.24, 2.45) is 17.8 Å². The number of aromatic nitrogens is 2. The quantitative estimate of drug-likeness (QED) is 0.148. The monoisotopic (exact) mass is 678 g/mol. The highest BCUT2D eigenvalue weighted by Gasteiger charge is 2.61. The smallest absolute Gasteiger partial charge is 0.332 e. The summed E-state index contributed by atoms with van der Waals surface area (Å²) in [5, 5.41) is 6.69. The molecule has 0 spiro atoms. The summed E-state index contributed by atoms with van der Waals surface area (Å²) < 4.78 is 17.7. The summed E-state index contributed by atoms with van der Waals surface area (Å²) in [6, 6.07) is 5.76. The first-order chi connectivity index (χ1) is 22.9. The average molecular weight is 679 g/mol. The third-order valence-electron chi connectivity index (χ3n) is 9.93. The Morgan fingerprint density at radius 2 is 1.83 bits per heavy atom. The van der Waals surface area contributed by atoms with E-state index >= 15 is 0 Å². The first-order valence-electron chi connectivity index (χ1n) is 17.3. The third kappa shape index (κ3) is 7.16. The van der Waals surface area contributed by atoms with Crippen molar-refractivity contribution in [3.63, 3.8) is 0 Å². The van der Waals surface area contributed by atoms with Gasteiger partial charge in [-0.05, 0) is 63.5 Å². The largest absolute Gasteiger partial charge is 0.496 e. The molecule has 0 unspecified atom stereocenters. The van der Waals surface area contributed by atoms with Crippen LogP contribution in [0.3, 0.4) is 0 Å². The number of nitrogens with zero attached hydrogens (tertiary/aromatic N) is 3. The van der Waals surface area contributed by atoms with Crippen LogP contribution < -0.4 is 14.8 Å². The topological polar surface area (TPSA) is 120 Å². The number of methoxy groups -OCH3 is 1. The molecule has 11 heteroatoms. The Kier molecular flexibility index (Phi) is 11.0. The van der Waals surface area contributed by atoms with Gasteiger partial charge >= 0.3 is 5.97 Å². The van der Waals surface area contributed by atoms with Gasteiger partial charge < -0.3 is 24.4 Å². The predicted octanol–water partition coefficient (Wildman–Crippen LogP) is 6.68. The number of aryl methyl sites for hydroxylation is 1. The standard InChI is InChI=1S/C37H50N4O6S/c1-9-11-12-15-41(7)35(43)27-17-24(16-26(27)33(42)40-37(19-22(37)5)36(44)46-10-2)47-31-18-28(34-39-29(20-48-34)21(3)4)38-32-23(6)30(45-8)14-13-25(31)32/h13-14,18,20-22,24,26-27H,9-12,15-17,19H2,1-8H3,(H,40,42)/t22-,24-,26-,27-,37-/m1/s1. The van der Waals surface area contributed by atoms with E-state index in [1.807, 2.05) is 39.1 Å². The van der Waals surface area contributed by atoms with Gasteiger partial charge in [0.25, 0.3) is 0 Å². The molecule has 0 radical (unpaired) electrons. The van der Waals surface area contributed by atoms with Gasteiger partial charge in [-0.1, -0.05) is 40.5 Å². The fraction of sp³-hybridized carbons (Fsp3) is 0.595. The fourth-order valence-electron chi connectivity index (χ4n) is 6.80. The van der Waals surface area contributed by atoms with Crippen molar-refractivity contribution in [3.05, 3.63) is 34.8 Å². The van der Waals surface area contributed by atoms with Gasteiger partial charge in [0.05, 0.1) is 36.8 Å². The zero-order chi connectivity index (χ0) is 34.7. The molecular weight excluding hydrogens is 628 g/mol. The molecule has 2 aliphatic carbocycles. The van der Waals surface area contributed by atoms with Crippen LogP contribution in [0.5, 0.6) is 11.5 Å². The molecule has 2 amide bonds. The molecule has 5 rings (SSSR count). The lowest BCUT2D eigenvalue weighted by Crippen LogP contribution is -2.50. The molecule has 2 saturated carbocycles. The van der Waals surface area contributed by atoms with Gasteiger partial charge in [-0.3, -0.25) is 9.59 Å². The van der Waals surface area contributed by atoms with Crippen LogP contribution >= 0.6 is 11.3 Å². The molecule has 2 heterocycles. The molecule has 10 nitrogen and oxygen atoms in total. The number of hydrogen-bond acceptors (Lipinski definition) is 9. The Balaban J connectivity index is 1.48. The fourth-order valence-corrected chi connectivity index (χ4v) is 7.75. The lowest BCUT2D eigenvalue weighted by Gasteiger charge is -2.26. The second kappa shape index (κ2) is 14.8. The van der Waals surface area contributed by atoms with Gasteiger partial charge in [0.1, 0.15) is 33.8 Å². The molecule has 48 heavy (non-hydrogen) atoms. The SMILES string of the molecule is CCCCCN(C)C(=O)[C@@H]1C[C@H](Oc2cc(-c3nc(C(C)C)cs3)nc3c(C)c(OC)ccc23)C[C@H]1C(=O)N[C@]1(C(=O)OCC)C[C@H]1C. The molecule has 3 aromatic rings. The minimum atomic E-state index is -1.04. The predicted molar refractivity (Wildman–Crippen MR) is 187 cm³/mol. The van der Waals surface area contributed by atoms with Crippen molar-refractivity contribution in [1.82, 2.24) is 20.2 Å². The van der Waals surface area contributed by atoms with Crippen LogP contribution in [0.15, 0.2) is 23.6 Å². The van der Waals surface area contributed by atoms with E-state index in [9.17, 15) is 14.4 Å². The van der Waals surface area contributed by atoms with Gasteiger partial charge in [-0.15, -0.1) is 11.3 Å². The number of thiazole rings is 1. The maximum absolute atomic E-state index is 14.0. The maximum atomic E-state index is 14.0. The van der Waals surface area contributed by atoms with E-state index in [0.29, 0.717) is 37.3 Å². The molecule has 5 atom stereocenters. The van der Waals surface area contributed by atoms with E-state index in [1.54, 1.807) is 30.3 Å². The Labute approximate surface area is 287 Å². The van der Waals surface area contributed by atoms with Crippen LogP contribution in [0, 0.1) is 24.7 Å². The van der Waals surface area contributed by atoms with Crippen LogP contribution in [0.1, 0.15) is 90.3 Å². The molecular formula is C37H50N4O6S. The number of hydrogen-bond donors (Lipinski definition) is 1. The lowest BCUT2D eigenvalue weighted by molar-refractivity contribution is -0.150. The summed E-state index contributed by atoms with van der Waals surface area (Å²) in [5.41, 5.74) is 2.29. The van der Waals surface area contributed by atoms with Crippen molar-refractivity contribution in [2.75, 3.05) is 27.3 Å². The van der Waals surface area contributed by atoms with Crippen molar-refractivity contribution in [3.8, 4) is 22.2 Å². The summed E-state index contributed by atoms with van der Waals surface area (Å²) in [6.07, 6.45) is 3.78. The maximum Gasteiger partial charge on any atom is 0.332 e. The highest BCUT2D eigenvalue weighted by Crippen LogP contribution is 2.46. The number of fused-ring (bicyclic) bond motifs is 1. The van der Waals surface area contributed by atoms with Gasteiger partial charge in [0.15, 0.2) is 0 Å². The Morgan fingerprint density at radius 1 is 1.10 bits per heavy atom. The number of ether oxygens (including phenoxy) is 3. The zero-order valence-corrected chi connectivity index (χ0v) is 30.4. The van der Waals surface area contributed by atoms with E-state index in [1.165, 1.54) is 0 Å². The van der Waals surface area contributed by atoms with E-state index in [2.05, 4.69) is 31.5 Å². The minimum absolute atomic E-state index is 0.0382. The lowest BCUT2D eigenvalue weighted by atomic mass is 9.93. The minimum Gasteiger partial charge on any atom is -0.496 e. The van der Waals surface area contributed by atoms with Crippen molar-refractivity contribution < 1.29 is 28.6 Å². The number of pyridine rings is 1. The number of carbonyl (C=O) groups excluding carboxylic acids is 3. The molecule has 2 fully saturated rings. The van der Waals surface area contributed by atoms with Gasteiger partial charge in [0, 0.05) is 36.0 Å². The van der Waals surface area contributed by atoms with E-state index < -0.39 is 29.4 Å². The summed E-state index contributed by atoms with van der Waals surface area (Å²) >= 11 is 1.54. The molecule has 2 aliphatic rings. The van der Waals surface area contributed by atoms with Crippen LogP contribution in [0.2, 0.25) is 0 Å². The van der Waals surface area contributed by atoms with Crippen molar-refractivity contribution >= 4 is 40.0 Å². The van der Waals surface area contributed by atoms with Crippen molar-refractivity contribution in [1.29, 1.82) is 0 Å². The number of benzene rings is 1. The summed E-state index contributed by atoms with van der Waals surface area (Å²) in [5.74, 6) is -0.446. The third-order valence-corrected chi connectivity index (χ3v) is 10.8. The van der Waals surface area contributed by atoms with Crippen LogP contribution in [0.25, 0.3) is 21.6 Å². The van der Waals surface area contributed by atoms with Gasteiger partial charge in [-0.2, -0.15) is 0 Å². The van der Waals surface area contributed by atoms with E-state index in [-0.39, 0.29) is 30.3 Å². The number of unbranched alkanes of at least 4 members (excludes halogenated alkanes) is 2. The van der Waals surface area contributed by atoms with Gasteiger partial charge in [-0.25, -0.2) is 14.8 Å². The molecule has 2 aromatic heterocycles. The highest BCUT2D eigenvalue weighted by atomic mass is 32.1. The van der Waals surface area contributed by atoms with E-state index in [0.717, 1.165) is 52.2 Å². The summed E-state index contributed by atoms with van der Waals surface area (Å²) in [7, 11) is 3.45. The summed E-state index contributed by atoms with van der Waals surface area (Å²) in [4.78, 5) is 52.4.